The summed E-state index contributed by atoms with van der Waals surface area (Å²) < 4.78 is 73.7. The number of aliphatic hydroxyl groups is 2. The number of hydrogen-bond donors (Lipinski definition) is 2. The molecule has 8 bridgehead atoms. The van der Waals surface area contributed by atoms with E-state index < -0.39 is 150 Å². The second kappa shape index (κ2) is 19.9. The van der Waals surface area contributed by atoms with Gasteiger partial charge in [-0.2, -0.15) is 0 Å². The fraction of sp³-hybridized carbons (Fsp3) is 0.538. The first-order chi connectivity index (χ1) is 35.7. The molecule has 1 saturated heterocycles. The first kappa shape index (κ1) is 54.8. The van der Waals surface area contributed by atoms with Gasteiger partial charge in [0, 0.05) is 50.8 Å². The first-order valence-electron chi connectivity index (χ1n) is 24.1. The third kappa shape index (κ3) is 8.78. The van der Waals surface area contributed by atoms with Crippen LogP contribution in [-0.4, -0.2) is 154 Å². The van der Waals surface area contributed by atoms with Crippen molar-refractivity contribution in [3.05, 3.63) is 76.9 Å². The molecule has 0 radical (unpaired) electrons. The zero-order valence-corrected chi connectivity index (χ0v) is 43.4. The lowest BCUT2D eigenvalue weighted by molar-refractivity contribution is -0.386. The molecule has 2 spiro atoms. The molecule has 76 heavy (non-hydrogen) atoms. The van der Waals surface area contributed by atoms with Gasteiger partial charge in [0.2, 0.25) is 11.4 Å². The fourth-order valence-electron chi connectivity index (χ4n) is 11.5. The summed E-state index contributed by atoms with van der Waals surface area (Å²) in [5.74, 6) is -13.6. The van der Waals surface area contributed by atoms with Crippen LogP contribution >= 0.6 is 0 Å². The van der Waals surface area contributed by atoms with E-state index in [1.807, 2.05) is 0 Å². The van der Waals surface area contributed by atoms with Gasteiger partial charge in [-0.25, -0.2) is 19.2 Å². The van der Waals surface area contributed by atoms with Gasteiger partial charge >= 0.3 is 47.8 Å². The van der Waals surface area contributed by atoms with Crippen molar-refractivity contribution in [2.24, 2.45) is 17.3 Å². The summed E-state index contributed by atoms with van der Waals surface area (Å²) in [5, 5.41) is 27.5. The molecule has 13 unspecified atom stereocenters. The average Bonchev–Trinajstić information content (AvgIpc) is 3.71. The molecule has 24 nitrogen and oxygen atoms in total. The quantitative estimate of drug-likeness (QED) is 0.254. The number of benzene rings is 1. The predicted octanol–water partition coefficient (Wildman–Crippen LogP) is 2.68. The van der Waals surface area contributed by atoms with E-state index in [2.05, 4.69) is 9.97 Å². The number of hydrogen-bond acceptors (Lipinski definition) is 24. The number of nitrogens with zero attached hydrogens (tertiary/aromatic N) is 2. The van der Waals surface area contributed by atoms with Gasteiger partial charge < -0.3 is 67.1 Å². The number of fused-ring (bicyclic) bond motifs is 11. The number of methoxy groups -OCH3 is 2. The van der Waals surface area contributed by atoms with Crippen molar-refractivity contribution in [2.75, 3.05) is 27.4 Å². The van der Waals surface area contributed by atoms with Crippen molar-refractivity contribution >= 4 is 47.8 Å². The Bertz CT molecular complexity index is 2860. The number of ether oxygens (including phenoxy) is 12. The second-order valence-electron chi connectivity index (χ2n) is 20.3. The molecule has 9 rings (SSSR count). The Hall–Kier alpha value is -7.44. The molecule has 2 N–H and O–H groups in total. The van der Waals surface area contributed by atoms with Crippen LogP contribution in [-0.2, 0) is 73.2 Å². The van der Waals surface area contributed by atoms with Gasteiger partial charge in [0.15, 0.2) is 35.9 Å². The smallest absolute Gasteiger partial charge is 0.350 e. The van der Waals surface area contributed by atoms with Gasteiger partial charge in [-0.15, -0.1) is 0 Å². The van der Waals surface area contributed by atoms with Gasteiger partial charge in [-0.05, 0) is 58.0 Å². The van der Waals surface area contributed by atoms with Crippen LogP contribution in [0.15, 0.2) is 48.9 Å². The van der Waals surface area contributed by atoms with Crippen LogP contribution in [0, 0.1) is 17.3 Å². The average molecular weight is 1060 g/mol. The summed E-state index contributed by atoms with van der Waals surface area (Å²) in [4.78, 5) is 123. The normalized spacial score (nSPS) is 33.0. The van der Waals surface area contributed by atoms with Gasteiger partial charge in [-0.1, -0.05) is 13.8 Å². The van der Waals surface area contributed by atoms with Crippen LogP contribution in [0.2, 0.25) is 0 Å². The molecule has 13 atom stereocenters. The van der Waals surface area contributed by atoms with Crippen molar-refractivity contribution < 1.29 is 105 Å². The molecule has 2 aromatic heterocycles. The Kier molecular flexibility index (Phi) is 14.4. The van der Waals surface area contributed by atoms with Crippen LogP contribution in [0.25, 0.3) is 0 Å². The summed E-state index contributed by atoms with van der Waals surface area (Å²) in [6, 6.07) is 6.67. The number of pyridine rings is 2. The Morgan fingerprint density at radius 1 is 0.776 bits per heavy atom. The fourth-order valence-corrected chi connectivity index (χ4v) is 11.5. The summed E-state index contributed by atoms with van der Waals surface area (Å²) in [7, 11) is 2.53. The zero-order valence-electron chi connectivity index (χ0n) is 43.4. The van der Waals surface area contributed by atoms with Crippen molar-refractivity contribution in [1.29, 1.82) is 0 Å². The van der Waals surface area contributed by atoms with E-state index in [-0.39, 0.29) is 45.2 Å². The minimum absolute atomic E-state index is 0.0374. The highest BCUT2D eigenvalue weighted by Crippen LogP contribution is 2.69. The lowest BCUT2D eigenvalue weighted by Gasteiger charge is -2.67. The van der Waals surface area contributed by atoms with E-state index in [1.54, 1.807) is 6.92 Å². The van der Waals surface area contributed by atoms with Crippen molar-refractivity contribution in [2.45, 2.75) is 134 Å². The maximum atomic E-state index is 15.2. The molecule has 6 aliphatic rings. The van der Waals surface area contributed by atoms with Gasteiger partial charge in [-0.3, -0.25) is 29.1 Å². The molecule has 24 heteroatoms. The van der Waals surface area contributed by atoms with Crippen LogP contribution in [0.1, 0.15) is 111 Å². The Morgan fingerprint density at radius 3 is 2.05 bits per heavy atom. The summed E-state index contributed by atoms with van der Waals surface area (Å²) in [5.41, 5.74) is -14.1. The summed E-state index contributed by atoms with van der Waals surface area (Å²) in [6.45, 7) is 7.85. The SMILES string of the molecule is COc1cc2cc(OC)c1OCc1ccncc1C(=O)OCC13C(OC(=O)C(C)(C)OC(C)=O)C(OC2=O)C2C(O)C14OC2(C)COC(=O)c1cccnc1C(C)C(C)C(=O)OC(C(OC(C)=O)C3OC(C)=O)C4(C)O. The maximum absolute atomic E-state index is 15.2. The van der Waals surface area contributed by atoms with E-state index in [1.165, 1.54) is 70.8 Å². The number of aromatic nitrogens is 2. The zero-order chi connectivity index (χ0) is 55.6. The molecule has 2 saturated carbocycles. The summed E-state index contributed by atoms with van der Waals surface area (Å²) >= 11 is 0. The molecular formula is C52H58N2O22. The molecule has 4 aliphatic heterocycles. The molecular weight excluding hydrogens is 1000 g/mol. The van der Waals surface area contributed by atoms with Crippen molar-refractivity contribution in [1.82, 2.24) is 9.97 Å². The molecule has 3 fully saturated rings. The van der Waals surface area contributed by atoms with Gasteiger partial charge in [0.25, 0.3) is 0 Å². The highest BCUT2D eigenvalue weighted by Gasteiger charge is 2.91. The minimum atomic E-state index is -3.05. The number of rotatable bonds is 7. The molecule has 1 aromatic carbocycles. The summed E-state index contributed by atoms with van der Waals surface area (Å²) in [6.07, 6.45) is -9.97. The topological polar surface area (TPSA) is 314 Å². The second-order valence-corrected chi connectivity index (χ2v) is 20.3. The third-order valence-electron chi connectivity index (χ3n) is 15.1. The van der Waals surface area contributed by atoms with Crippen LogP contribution in [0.3, 0.4) is 0 Å². The number of carbonyl (C=O) groups excluding carboxylic acids is 8. The molecule has 0 amide bonds. The lowest BCUT2D eigenvalue weighted by atomic mass is 9.45. The Labute approximate surface area is 434 Å². The van der Waals surface area contributed by atoms with Gasteiger partial charge in [0.1, 0.15) is 48.1 Å². The van der Waals surface area contributed by atoms with E-state index in [9.17, 15) is 39.0 Å². The highest BCUT2D eigenvalue weighted by atomic mass is 16.7. The molecule has 6 heterocycles. The lowest BCUT2D eigenvalue weighted by Crippen LogP contribution is -2.89. The van der Waals surface area contributed by atoms with Crippen molar-refractivity contribution in [3.8, 4) is 17.2 Å². The predicted molar refractivity (Wildman–Crippen MR) is 251 cm³/mol. The van der Waals surface area contributed by atoms with Crippen LogP contribution in [0.4, 0.5) is 0 Å². The van der Waals surface area contributed by atoms with Crippen molar-refractivity contribution in [3.63, 3.8) is 0 Å². The van der Waals surface area contributed by atoms with Gasteiger partial charge in [0.05, 0.1) is 54.5 Å². The standard InChI is InChI=1S/C52H58N2O22/c1-23-24(2)43(59)73-40-38(70-25(3)55)42(71-26(4)56)51-22-69-46(62)31-19-53-16-14-28(31)20-67-36-32(65-10)17-29(18-33(36)66-11)44(60)72-37(41(51)74-47(63)48(6,7)75-27(5)57)34-39(58)52(51,50(40,9)64)76-49(34,8)21-68-45(61)30-13-12-15-54-35(23)30/h12-19,23-24,34,37-42,58,64H,20-22H2,1-11H3. The Balaban J connectivity index is 1.53. The van der Waals surface area contributed by atoms with E-state index >= 15 is 9.59 Å². The monoisotopic (exact) mass is 1060 g/mol. The number of aliphatic hydroxyl groups excluding tert-OH is 1. The largest absolute Gasteiger partial charge is 0.493 e. The minimum Gasteiger partial charge on any atom is -0.493 e. The molecule has 2 aliphatic carbocycles. The van der Waals surface area contributed by atoms with E-state index in [4.69, 9.17) is 56.8 Å². The maximum Gasteiger partial charge on any atom is 0.350 e. The Morgan fingerprint density at radius 2 is 1.42 bits per heavy atom. The number of esters is 8. The number of carbonyl (C=O) groups is 8. The van der Waals surface area contributed by atoms with Crippen LogP contribution in [0.5, 0.6) is 17.2 Å². The number of cyclic esters (lactones) is 1. The van der Waals surface area contributed by atoms with Crippen LogP contribution < -0.4 is 14.2 Å². The molecule has 408 valence electrons. The molecule has 3 aromatic rings. The van der Waals surface area contributed by atoms with E-state index in [0.717, 1.165) is 47.7 Å². The first-order valence-corrected chi connectivity index (χ1v) is 24.1. The van der Waals surface area contributed by atoms with E-state index in [0.29, 0.717) is 0 Å². The third-order valence-corrected chi connectivity index (χ3v) is 15.1. The highest BCUT2D eigenvalue weighted by molar-refractivity contribution is 5.93.